The Morgan fingerprint density at radius 3 is 2.75 bits per heavy atom. The topological polar surface area (TPSA) is 63.9 Å². The fourth-order valence-electron chi connectivity index (χ4n) is 1.36. The largest absolute Gasteiger partial charge is 0.495 e. The highest BCUT2D eigenvalue weighted by Gasteiger charge is 2.11. The van der Waals surface area contributed by atoms with Gasteiger partial charge in [0.15, 0.2) is 5.82 Å². The molecule has 2 rings (SSSR count). The van der Waals surface area contributed by atoms with E-state index in [1.807, 2.05) is 6.07 Å². The van der Waals surface area contributed by atoms with Gasteiger partial charge in [0, 0.05) is 5.56 Å². The van der Waals surface area contributed by atoms with Crippen LogP contribution in [0.15, 0.2) is 22.7 Å². The first kappa shape index (κ1) is 11.3. The molecule has 0 aliphatic carbocycles. The quantitative estimate of drug-likeness (QED) is 0.896. The van der Waals surface area contributed by atoms with Gasteiger partial charge in [-0.05, 0) is 34.1 Å². The van der Waals surface area contributed by atoms with E-state index < -0.39 is 0 Å². The maximum atomic E-state index is 6.03. The molecule has 1 heterocycles. The van der Waals surface area contributed by atoms with Crippen LogP contribution in [0, 0.1) is 0 Å². The lowest BCUT2D eigenvalue weighted by molar-refractivity contribution is 0.415. The Morgan fingerprint density at radius 2 is 2.25 bits per heavy atom. The standard InChI is InChI=1S/C10H9BrClN3O/c1-16-7-3-2-5(4-6(7)12)9-8(11)10(13)15-14-9/h2-4H,1H3,(H3,13,14,15). The van der Waals surface area contributed by atoms with Crippen molar-refractivity contribution in [3.05, 3.63) is 27.7 Å². The zero-order chi connectivity index (χ0) is 11.7. The molecule has 0 amide bonds. The van der Waals surface area contributed by atoms with E-state index in [2.05, 4.69) is 26.1 Å². The Morgan fingerprint density at radius 1 is 1.50 bits per heavy atom. The number of nitrogens with zero attached hydrogens (tertiary/aromatic N) is 1. The van der Waals surface area contributed by atoms with E-state index >= 15 is 0 Å². The lowest BCUT2D eigenvalue weighted by Gasteiger charge is -2.04. The molecule has 16 heavy (non-hydrogen) atoms. The monoisotopic (exact) mass is 301 g/mol. The third-order valence-corrected chi connectivity index (χ3v) is 3.27. The van der Waals surface area contributed by atoms with Gasteiger partial charge >= 0.3 is 0 Å². The first-order valence-electron chi connectivity index (χ1n) is 4.46. The number of anilines is 1. The molecule has 1 aromatic heterocycles. The van der Waals surface area contributed by atoms with Crippen LogP contribution in [0.25, 0.3) is 11.3 Å². The second-order valence-corrected chi connectivity index (χ2v) is 4.35. The molecule has 84 valence electrons. The summed E-state index contributed by atoms with van der Waals surface area (Å²) in [6.45, 7) is 0. The molecule has 0 aliphatic heterocycles. The van der Waals surface area contributed by atoms with E-state index in [0.717, 1.165) is 15.7 Å². The van der Waals surface area contributed by atoms with Gasteiger partial charge in [-0.1, -0.05) is 11.6 Å². The summed E-state index contributed by atoms with van der Waals surface area (Å²) >= 11 is 9.39. The fourth-order valence-corrected chi connectivity index (χ4v) is 2.02. The number of hydrogen-bond acceptors (Lipinski definition) is 3. The van der Waals surface area contributed by atoms with Crippen molar-refractivity contribution in [2.45, 2.75) is 0 Å². The van der Waals surface area contributed by atoms with Crippen LogP contribution in [0.4, 0.5) is 5.82 Å². The van der Waals surface area contributed by atoms with Crippen LogP contribution in [0.3, 0.4) is 0 Å². The number of nitrogens with one attached hydrogen (secondary N) is 1. The van der Waals surface area contributed by atoms with E-state index in [1.54, 1.807) is 19.2 Å². The van der Waals surface area contributed by atoms with Crippen molar-refractivity contribution < 1.29 is 4.74 Å². The molecule has 1 aromatic carbocycles. The van der Waals surface area contributed by atoms with Gasteiger partial charge in [-0.3, -0.25) is 5.10 Å². The molecule has 0 atom stereocenters. The Kier molecular flexibility index (Phi) is 3.07. The number of H-pyrrole nitrogens is 1. The summed E-state index contributed by atoms with van der Waals surface area (Å²) < 4.78 is 5.81. The predicted molar refractivity (Wildman–Crippen MR) is 67.7 cm³/mol. The first-order chi connectivity index (χ1) is 7.63. The SMILES string of the molecule is COc1ccc(-c2[nH]nc(N)c2Br)cc1Cl. The van der Waals surface area contributed by atoms with Crippen LogP contribution in [0.2, 0.25) is 5.02 Å². The van der Waals surface area contributed by atoms with Gasteiger partial charge < -0.3 is 10.5 Å². The van der Waals surface area contributed by atoms with Crippen LogP contribution in [0.5, 0.6) is 5.75 Å². The summed E-state index contributed by atoms with van der Waals surface area (Å²) in [5, 5.41) is 7.27. The average Bonchev–Trinajstić information content (AvgIpc) is 2.60. The summed E-state index contributed by atoms with van der Waals surface area (Å²) in [5.41, 5.74) is 7.31. The number of aromatic amines is 1. The molecule has 6 heteroatoms. The van der Waals surface area contributed by atoms with E-state index in [1.165, 1.54) is 0 Å². The van der Waals surface area contributed by atoms with Crippen LogP contribution in [0.1, 0.15) is 0 Å². The minimum absolute atomic E-state index is 0.418. The number of halogens is 2. The van der Waals surface area contributed by atoms with Crippen LogP contribution >= 0.6 is 27.5 Å². The number of nitrogens with two attached hydrogens (primary N) is 1. The number of nitrogen functional groups attached to an aromatic ring is 1. The molecular formula is C10H9BrClN3O. The molecular weight excluding hydrogens is 293 g/mol. The number of methoxy groups -OCH3 is 1. The van der Waals surface area contributed by atoms with Crippen molar-refractivity contribution in [2.24, 2.45) is 0 Å². The highest BCUT2D eigenvalue weighted by Crippen LogP contribution is 2.34. The smallest absolute Gasteiger partial charge is 0.160 e. The summed E-state index contributed by atoms with van der Waals surface area (Å²) in [6, 6.07) is 5.46. The van der Waals surface area contributed by atoms with E-state index in [4.69, 9.17) is 22.1 Å². The number of aromatic nitrogens is 2. The zero-order valence-electron chi connectivity index (χ0n) is 8.42. The molecule has 0 saturated carbocycles. The van der Waals surface area contributed by atoms with Crippen molar-refractivity contribution in [2.75, 3.05) is 12.8 Å². The molecule has 2 aromatic rings. The highest BCUT2D eigenvalue weighted by molar-refractivity contribution is 9.10. The number of benzene rings is 1. The van der Waals surface area contributed by atoms with Gasteiger partial charge in [-0.15, -0.1) is 0 Å². The lowest BCUT2D eigenvalue weighted by Crippen LogP contribution is -1.86. The van der Waals surface area contributed by atoms with Crippen molar-refractivity contribution >= 4 is 33.3 Å². The third-order valence-electron chi connectivity index (χ3n) is 2.17. The average molecular weight is 303 g/mol. The third kappa shape index (κ3) is 1.88. The normalized spacial score (nSPS) is 10.4. The molecule has 0 saturated heterocycles. The first-order valence-corrected chi connectivity index (χ1v) is 5.64. The molecule has 3 N–H and O–H groups in total. The van der Waals surface area contributed by atoms with Gasteiger partial charge in [-0.25, -0.2) is 0 Å². The Hall–Kier alpha value is -1.20. The maximum absolute atomic E-state index is 6.03. The van der Waals surface area contributed by atoms with Crippen molar-refractivity contribution in [3.63, 3.8) is 0 Å². The van der Waals surface area contributed by atoms with Crippen LogP contribution in [-0.4, -0.2) is 17.3 Å². The van der Waals surface area contributed by atoms with Gasteiger partial charge in [0.05, 0.1) is 22.3 Å². The predicted octanol–water partition coefficient (Wildman–Crippen LogP) is 3.08. The Labute approximate surface area is 106 Å². The summed E-state index contributed by atoms with van der Waals surface area (Å²) in [6.07, 6.45) is 0. The summed E-state index contributed by atoms with van der Waals surface area (Å²) in [7, 11) is 1.57. The second-order valence-electron chi connectivity index (χ2n) is 3.15. The van der Waals surface area contributed by atoms with Gasteiger partial charge in [0.1, 0.15) is 5.75 Å². The molecule has 0 radical (unpaired) electrons. The van der Waals surface area contributed by atoms with Gasteiger partial charge in [0.2, 0.25) is 0 Å². The van der Waals surface area contributed by atoms with E-state index in [-0.39, 0.29) is 0 Å². The van der Waals surface area contributed by atoms with Gasteiger partial charge in [0.25, 0.3) is 0 Å². The van der Waals surface area contributed by atoms with E-state index in [0.29, 0.717) is 16.6 Å². The fraction of sp³-hybridized carbons (Fsp3) is 0.100. The molecule has 0 aliphatic rings. The van der Waals surface area contributed by atoms with Crippen LogP contribution < -0.4 is 10.5 Å². The highest BCUT2D eigenvalue weighted by atomic mass is 79.9. The van der Waals surface area contributed by atoms with Crippen molar-refractivity contribution in [1.29, 1.82) is 0 Å². The summed E-state index contributed by atoms with van der Waals surface area (Å²) in [5.74, 6) is 1.05. The number of ether oxygens (including phenoxy) is 1. The number of hydrogen-bond donors (Lipinski definition) is 2. The second kappa shape index (κ2) is 4.35. The molecule has 0 bridgehead atoms. The van der Waals surface area contributed by atoms with Crippen molar-refractivity contribution in [3.8, 4) is 17.0 Å². The van der Waals surface area contributed by atoms with Gasteiger partial charge in [-0.2, -0.15) is 5.10 Å². The maximum Gasteiger partial charge on any atom is 0.160 e. The van der Waals surface area contributed by atoms with E-state index in [9.17, 15) is 0 Å². The molecule has 0 fully saturated rings. The zero-order valence-corrected chi connectivity index (χ0v) is 10.8. The van der Waals surface area contributed by atoms with Crippen molar-refractivity contribution in [1.82, 2.24) is 10.2 Å². The Bertz CT molecular complexity index is 527. The lowest BCUT2D eigenvalue weighted by atomic mass is 10.1. The minimum atomic E-state index is 0.418. The molecule has 0 unspecified atom stereocenters. The molecule has 4 nitrogen and oxygen atoms in total. The summed E-state index contributed by atoms with van der Waals surface area (Å²) in [4.78, 5) is 0. The Balaban J connectivity index is 2.49. The number of rotatable bonds is 2. The van der Waals surface area contributed by atoms with Crippen LogP contribution in [-0.2, 0) is 0 Å². The minimum Gasteiger partial charge on any atom is -0.495 e. The molecule has 0 spiro atoms.